The Morgan fingerprint density at radius 1 is 1.12 bits per heavy atom. The smallest absolute Gasteiger partial charge is 0.240 e. The Kier molecular flexibility index (Phi) is 5.16. The SMILES string of the molecule is COc1ccc(S(=O)(=O)NCCNc2nc(C)nc3sccc23)cc1. The lowest BCUT2D eigenvalue weighted by molar-refractivity contribution is 0.414. The third-order valence-electron chi connectivity index (χ3n) is 3.52. The molecular weight excluding hydrogens is 360 g/mol. The number of benzene rings is 1. The van der Waals surface area contributed by atoms with Crippen LogP contribution < -0.4 is 14.8 Å². The van der Waals surface area contributed by atoms with Crippen molar-refractivity contribution >= 4 is 37.4 Å². The summed E-state index contributed by atoms with van der Waals surface area (Å²) in [6.45, 7) is 2.48. The standard InChI is InChI=1S/C16H18N4O3S2/c1-11-19-15(14-7-10-24-16(14)20-11)17-8-9-18-25(21,22)13-5-3-12(23-2)4-6-13/h3-7,10,18H,8-9H2,1-2H3,(H,17,19,20). The van der Waals surface area contributed by atoms with Crippen LogP contribution >= 0.6 is 11.3 Å². The predicted molar refractivity (Wildman–Crippen MR) is 98.8 cm³/mol. The zero-order valence-electron chi connectivity index (χ0n) is 13.8. The van der Waals surface area contributed by atoms with Crippen molar-refractivity contribution in [2.24, 2.45) is 0 Å². The van der Waals surface area contributed by atoms with Crippen molar-refractivity contribution in [2.75, 3.05) is 25.5 Å². The fourth-order valence-electron chi connectivity index (χ4n) is 2.30. The Morgan fingerprint density at radius 3 is 2.60 bits per heavy atom. The molecule has 2 N–H and O–H groups in total. The van der Waals surface area contributed by atoms with Crippen LogP contribution in [0.1, 0.15) is 5.82 Å². The van der Waals surface area contributed by atoms with Crippen LogP contribution in [-0.4, -0.2) is 38.6 Å². The maximum absolute atomic E-state index is 12.3. The summed E-state index contributed by atoms with van der Waals surface area (Å²) in [6, 6.07) is 8.20. The first-order valence-corrected chi connectivity index (χ1v) is 9.95. The number of ether oxygens (including phenoxy) is 1. The molecule has 0 saturated heterocycles. The van der Waals surface area contributed by atoms with Gasteiger partial charge in [-0.2, -0.15) is 0 Å². The van der Waals surface area contributed by atoms with Crippen molar-refractivity contribution in [1.82, 2.24) is 14.7 Å². The van der Waals surface area contributed by atoms with E-state index in [1.807, 2.05) is 18.4 Å². The quantitative estimate of drug-likeness (QED) is 0.613. The molecular formula is C16H18N4O3S2. The molecule has 0 aliphatic carbocycles. The molecule has 0 spiro atoms. The number of fused-ring (bicyclic) bond motifs is 1. The molecule has 7 nitrogen and oxygen atoms in total. The first-order valence-electron chi connectivity index (χ1n) is 7.59. The molecule has 0 unspecified atom stereocenters. The first-order chi connectivity index (χ1) is 12.0. The highest BCUT2D eigenvalue weighted by Crippen LogP contribution is 2.24. The number of nitrogens with zero attached hydrogens (tertiary/aromatic N) is 2. The molecule has 0 saturated carbocycles. The minimum atomic E-state index is -3.56. The van der Waals surface area contributed by atoms with Crippen molar-refractivity contribution in [3.63, 3.8) is 0 Å². The van der Waals surface area contributed by atoms with E-state index >= 15 is 0 Å². The summed E-state index contributed by atoms with van der Waals surface area (Å²) in [5.41, 5.74) is 0. The number of hydrogen-bond donors (Lipinski definition) is 2. The average Bonchev–Trinajstić information content (AvgIpc) is 3.07. The molecule has 0 bridgehead atoms. The van der Waals surface area contributed by atoms with Crippen LogP contribution in [0.25, 0.3) is 10.2 Å². The molecule has 2 aromatic heterocycles. The Bertz CT molecular complexity index is 969. The molecule has 0 amide bonds. The second kappa shape index (κ2) is 7.34. The number of nitrogens with one attached hydrogen (secondary N) is 2. The van der Waals surface area contributed by atoms with Gasteiger partial charge >= 0.3 is 0 Å². The minimum absolute atomic E-state index is 0.200. The second-order valence-corrected chi connectivity index (χ2v) is 7.92. The first kappa shape index (κ1) is 17.6. The molecule has 3 rings (SSSR count). The maximum Gasteiger partial charge on any atom is 0.240 e. The third-order valence-corrected chi connectivity index (χ3v) is 5.80. The lowest BCUT2D eigenvalue weighted by Gasteiger charge is -2.10. The molecule has 25 heavy (non-hydrogen) atoms. The van der Waals surface area contributed by atoms with Gasteiger partial charge in [-0.3, -0.25) is 0 Å². The van der Waals surface area contributed by atoms with E-state index in [1.165, 1.54) is 19.2 Å². The van der Waals surface area contributed by atoms with Gasteiger partial charge < -0.3 is 10.1 Å². The summed E-state index contributed by atoms with van der Waals surface area (Å²) < 4.78 is 32.1. The van der Waals surface area contributed by atoms with Gasteiger partial charge in [0.05, 0.1) is 17.4 Å². The summed E-state index contributed by atoms with van der Waals surface area (Å²) in [6.07, 6.45) is 0. The fourth-order valence-corrected chi connectivity index (χ4v) is 4.14. The normalized spacial score (nSPS) is 11.6. The van der Waals surface area contributed by atoms with E-state index in [1.54, 1.807) is 23.5 Å². The van der Waals surface area contributed by atoms with E-state index in [-0.39, 0.29) is 11.4 Å². The summed E-state index contributed by atoms with van der Waals surface area (Å²) >= 11 is 1.55. The molecule has 9 heteroatoms. The summed E-state index contributed by atoms with van der Waals surface area (Å²) in [5.74, 6) is 2.00. The molecule has 2 heterocycles. The third kappa shape index (κ3) is 4.06. The minimum Gasteiger partial charge on any atom is -0.497 e. The van der Waals surface area contributed by atoms with E-state index in [0.717, 1.165) is 10.2 Å². The number of methoxy groups -OCH3 is 1. The highest BCUT2D eigenvalue weighted by Gasteiger charge is 2.13. The molecule has 3 aromatic rings. The van der Waals surface area contributed by atoms with Crippen LogP contribution in [0.3, 0.4) is 0 Å². The van der Waals surface area contributed by atoms with Gasteiger partial charge in [0.2, 0.25) is 10.0 Å². The molecule has 132 valence electrons. The van der Waals surface area contributed by atoms with Gasteiger partial charge in [0.15, 0.2) is 0 Å². The second-order valence-electron chi connectivity index (χ2n) is 5.26. The molecule has 1 aromatic carbocycles. The number of rotatable bonds is 7. The van der Waals surface area contributed by atoms with Gasteiger partial charge in [0, 0.05) is 13.1 Å². The largest absolute Gasteiger partial charge is 0.497 e. The molecule has 0 fully saturated rings. The molecule has 0 aliphatic heterocycles. The number of sulfonamides is 1. The number of hydrogen-bond acceptors (Lipinski definition) is 7. The highest BCUT2D eigenvalue weighted by molar-refractivity contribution is 7.89. The number of aromatic nitrogens is 2. The van der Waals surface area contributed by atoms with Crippen molar-refractivity contribution in [2.45, 2.75) is 11.8 Å². The molecule has 0 atom stereocenters. The van der Waals surface area contributed by atoms with Crippen LogP contribution in [-0.2, 0) is 10.0 Å². The van der Waals surface area contributed by atoms with Gasteiger partial charge in [0.1, 0.15) is 22.2 Å². The van der Waals surface area contributed by atoms with Crippen LogP contribution in [0.2, 0.25) is 0 Å². The predicted octanol–water partition coefficient (Wildman–Crippen LogP) is 2.40. The Hall–Kier alpha value is -2.23. The van der Waals surface area contributed by atoms with E-state index < -0.39 is 10.0 Å². The van der Waals surface area contributed by atoms with Crippen molar-refractivity contribution in [1.29, 1.82) is 0 Å². The van der Waals surface area contributed by atoms with Crippen LogP contribution in [0.4, 0.5) is 5.82 Å². The van der Waals surface area contributed by atoms with Crippen molar-refractivity contribution in [3.8, 4) is 5.75 Å². The summed E-state index contributed by atoms with van der Waals surface area (Å²) in [4.78, 5) is 9.85. The van der Waals surface area contributed by atoms with Gasteiger partial charge in [-0.15, -0.1) is 11.3 Å². The molecule has 0 radical (unpaired) electrons. The van der Waals surface area contributed by atoms with E-state index in [0.29, 0.717) is 23.9 Å². The zero-order valence-corrected chi connectivity index (χ0v) is 15.4. The number of anilines is 1. The number of aryl methyl sites for hydroxylation is 1. The number of thiophene rings is 1. The summed E-state index contributed by atoms with van der Waals surface area (Å²) in [7, 11) is -2.02. The topological polar surface area (TPSA) is 93.2 Å². The van der Waals surface area contributed by atoms with E-state index in [4.69, 9.17) is 4.74 Å². The fraction of sp³-hybridized carbons (Fsp3) is 0.250. The Balaban J connectivity index is 1.61. The maximum atomic E-state index is 12.3. The molecule has 0 aliphatic rings. The Morgan fingerprint density at radius 2 is 1.88 bits per heavy atom. The zero-order chi connectivity index (χ0) is 17.9. The van der Waals surface area contributed by atoms with Crippen molar-refractivity contribution < 1.29 is 13.2 Å². The van der Waals surface area contributed by atoms with Gasteiger partial charge in [-0.25, -0.2) is 23.1 Å². The van der Waals surface area contributed by atoms with Gasteiger partial charge in [-0.1, -0.05) is 0 Å². The lowest BCUT2D eigenvalue weighted by Crippen LogP contribution is -2.29. The lowest BCUT2D eigenvalue weighted by atomic mass is 10.3. The highest BCUT2D eigenvalue weighted by atomic mass is 32.2. The van der Waals surface area contributed by atoms with E-state index in [9.17, 15) is 8.42 Å². The summed E-state index contributed by atoms with van der Waals surface area (Å²) in [5, 5.41) is 6.06. The Labute approximate surface area is 150 Å². The van der Waals surface area contributed by atoms with Crippen LogP contribution in [0, 0.1) is 6.92 Å². The van der Waals surface area contributed by atoms with E-state index in [2.05, 4.69) is 20.0 Å². The van der Waals surface area contributed by atoms with Gasteiger partial charge in [-0.05, 0) is 42.6 Å². The monoisotopic (exact) mass is 378 g/mol. The van der Waals surface area contributed by atoms with Gasteiger partial charge in [0.25, 0.3) is 0 Å². The van der Waals surface area contributed by atoms with Crippen molar-refractivity contribution in [3.05, 3.63) is 41.5 Å². The van der Waals surface area contributed by atoms with Crippen LogP contribution in [0.15, 0.2) is 40.6 Å². The average molecular weight is 378 g/mol. The van der Waals surface area contributed by atoms with Crippen LogP contribution in [0.5, 0.6) is 5.75 Å².